The van der Waals surface area contributed by atoms with Gasteiger partial charge >= 0.3 is 5.97 Å². The Morgan fingerprint density at radius 2 is 1.65 bits per heavy atom. The third-order valence-corrected chi connectivity index (χ3v) is 3.32. The van der Waals surface area contributed by atoms with Crippen molar-refractivity contribution in [2.24, 2.45) is 0 Å². The predicted molar refractivity (Wildman–Crippen MR) is 85.6 cm³/mol. The maximum atomic E-state index is 10.7. The summed E-state index contributed by atoms with van der Waals surface area (Å²) in [6.07, 6.45) is -2.11. The zero-order chi connectivity index (χ0) is 16.7. The lowest BCUT2D eigenvalue weighted by atomic mass is 10.1. The maximum Gasteiger partial charge on any atom is 0.306 e. The van der Waals surface area contributed by atoms with Crippen molar-refractivity contribution in [2.45, 2.75) is 32.2 Å². The molecular formula is C18H20O5. The van der Waals surface area contributed by atoms with Crippen LogP contribution in [0.5, 0.6) is 11.5 Å². The molecule has 2 rings (SSSR count). The Labute approximate surface area is 135 Å². The van der Waals surface area contributed by atoms with Crippen molar-refractivity contribution in [1.82, 2.24) is 0 Å². The van der Waals surface area contributed by atoms with Crippen LogP contribution < -0.4 is 9.47 Å². The minimum Gasteiger partial charge on any atom is -0.485 e. The van der Waals surface area contributed by atoms with Crippen LogP contribution in [0.3, 0.4) is 0 Å². The summed E-state index contributed by atoms with van der Waals surface area (Å²) in [7, 11) is 0. The number of hydrogen-bond donors (Lipinski definition) is 2. The Morgan fingerprint density at radius 1 is 1.04 bits per heavy atom. The van der Waals surface area contributed by atoms with Crippen LogP contribution in [-0.2, 0) is 11.4 Å². The van der Waals surface area contributed by atoms with Crippen molar-refractivity contribution in [1.29, 1.82) is 0 Å². The van der Waals surface area contributed by atoms with Crippen LogP contribution in [0.15, 0.2) is 54.6 Å². The molecule has 2 aromatic rings. The molecule has 0 spiro atoms. The molecule has 0 aliphatic carbocycles. The van der Waals surface area contributed by atoms with Gasteiger partial charge in [0.05, 0.1) is 6.42 Å². The van der Waals surface area contributed by atoms with Crippen molar-refractivity contribution < 1.29 is 24.5 Å². The highest BCUT2D eigenvalue weighted by Crippen LogP contribution is 2.28. The number of hydrogen-bond acceptors (Lipinski definition) is 4. The molecule has 0 fully saturated rings. The first-order valence-corrected chi connectivity index (χ1v) is 7.38. The topological polar surface area (TPSA) is 76.0 Å². The Balaban J connectivity index is 2.01. The molecule has 2 unspecified atom stereocenters. The molecule has 0 saturated heterocycles. The Hall–Kier alpha value is -2.53. The van der Waals surface area contributed by atoms with E-state index in [4.69, 9.17) is 14.6 Å². The fourth-order valence-corrected chi connectivity index (χ4v) is 2.03. The number of aliphatic carboxylic acids is 1. The average molecular weight is 316 g/mol. The average Bonchev–Trinajstić information content (AvgIpc) is 2.54. The van der Waals surface area contributed by atoms with Crippen LogP contribution in [0.1, 0.15) is 18.9 Å². The predicted octanol–water partition coefficient (Wildman–Crippen LogP) is 2.87. The number of ether oxygens (including phenoxy) is 2. The van der Waals surface area contributed by atoms with Crippen molar-refractivity contribution in [3.8, 4) is 11.5 Å². The standard InChI is InChI=1S/C18H20O5/c1-13(15(19)11-18(20)21)23-17-10-6-5-9-16(17)22-12-14-7-3-2-4-8-14/h2-10,13,15,19H,11-12H2,1H3,(H,20,21). The van der Waals surface area contributed by atoms with E-state index in [1.54, 1.807) is 25.1 Å². The lowest BCUT2D eigenvalue weighted by Crippen LogP contribution is -2.31. The van der Waals surface area contributed by atoms with Gasteiger partial charge in [-0.25, -0.2) is 0 Å². The quantitative estimate of drug-likeness (QED) is 0.783. The molecule has 2 atom stereocenters. The summed E-state index contributed by atoms with van der Waals surface area (Å²) in [6, 6.07) is 16.8. The normalized spacial score (nSPS) is 13.1. The minimum atomic E-state index is -1.09. The molecule has 0 bridgehead atoms. The van der Waals surface area contributed by atoms with E-state index >= 15 is 0 Å². The van der Waals surface area contributed by atoms with Gasteiger partial charge in [0.2, 0.25) is 0 Å². The summed E-state index contributed by atoms with van der Waals surface area (Å²) >= 11 is 0. The fraction of sp³-hybridized carbons (Fsp3) is 0.278. The van der Waals surface area contributed by atoms with Crippen LogP contribution in [0, 0.1) is 0 Å². The highest BCUT2D eigenvalue weighted by Gasteiger charge is 2.20. The molecule has 0 amide bonds. The highest BCUT2D eigenvalue weighted by molar-refractivity contribution is 5.67. The molecular weight excluding hydrogens is 296 g/mol. The zero-order valence-corrected chi connectivity index (χ0v) is 12.9. The van der Waals surface area contributed by atoms with Gasteiger partial charge in [0.1, 0.15) is 18.8 Å². The molecule has 0 aromatic heterocycles. The second-order valence-electron chi connectivity index (χ2n) is 5.21. The van der Waals surface area contributed by atoms with E-state index in [9.17, 15) is 9.90 Å². The van der Waals surface area contributed by atoms with Gasteiger partial charge in [0.25, 0.3) is 0 Å². The SMILES string of the molecule is CC(Oc1ccccc1OCc1ccccc1)C(O)CC(=O)O. The van der Waals surface area contributed by atoms with Crippen LogP contribution in [-0.4, -0.2) is 28.4 Å². The first kappa shape index (κ1) is 16.8. The molecule has 0 heterocycles. The number of benzene rings is 2. The van der Waals surface area contributed by atoms with Gasteiger partial charge in [0, 0.05) is 0 Å². The van der Waals surface area contributed by atoms with Crippen molar-refractivity contribution in [3.05, 3.63) is 60.2 Å². The largest absolute Gasteiger partial charge is 0.485 e. The third kappa shape index (κ3) is 5.30. The number of rotatable bonds is 8. The van der Waals surface area contributed by atoms with Gasteiger partial charge in [0.15, 0.2) is 11.5 Å². The molecule has 0 aliphatic rings. The van der Waals surface area contributed by atoms with Crippen molar-refractivity contribution in [2.75, 3.05) is 0 Å². The van der Waals surface area contributed by atoms with E-state index in [-0.39, 0.29) is 6.42 Å². The Kier molecular flexibility index (Phi) is 6.00. The van der Waals surface area contributed by atoms with Crippen LogP contribution >= 0.6 is 0 Å². The zero-order valence-electron chi connectivity index (χ0n) is 12.9. The van der Waals surface area contributed by atoms with E-state index in [2.05, 4.69) is 0 Å². The molecule has 0 aliphatic heterocycles. The second-order valence-corrected chi connectivity index (χ2v) is 5.21. The first-order chi connectivity index (χ1) is 11.1. The summed E-state index contributed by atoms with van der Waals surface area (Å²) in [6.45, 7) is 2.02. The Bertz CT molecular complexity index is 626. The minimum absolute atomic E-state index is 0.367. The lowest BCUT2D eigenvalue weighted by Gasteiger charge is -2.21. The van der Waals surface area contributed by atoms with Gasteiger partial charge in [-0.1, -0.05) is 42.5 Å². The van der Waals surface area contributed by atoms with Crippen LogP contribution in [0.25, 0.3) is 0 Å². The number of carbonyl (C=O) groups is 1. The maximum absolute atomic E-state index is 10.7. The number of para-hydroxylation sites is 2. The second kappa shape index (κ2) is 8.19. The Morgan fingerprint density at radius 3 is 2.30 bits per heavy atom. The van der Waals surface area contributed by atoms with E-state index in [1.807, 2.05) is 36.4 Å². The van der Waals surface area contributed by atoms with E-state index < -0.39 is 18.2 Å². The molecule has 2 N–H and O–H groups in total. The van der Waals surface area contributed by atoms with Gasteiger partial charge < -0.3 is 19.7 Å². The van der Waals surface area contributed by atoms with Gasteiger partial charge in [-0.15, -0.1) is 0 Å². The van der Waals surface area contributed by atoms with Gasteiger partial charge in [-0.3, -0.25) is 4.79 Å². The number of aliphatic hydroxyl groups is 1. The molecule has 0 saturated carbocycles. The number of aliphatic hydroxyl groups excluding tert-OH is 1. The van der Waals surface area contributed by atoms with E-state index in [1.165, 1.54) is 0 Å². The summed E-state index contributed by atoms with van der Waals surface area (Å²) in [5.74, 6) is -0.0485. The summed E-state index contributed by atoms with van der Waals surface area (Å²) in [4.78, 5) is 10.7. The summed E-state index contributed by atoms with van der Waals surface area (Å²) < 4.78 is 11.4. The molecule has 23 heavy (non-hydrogen) atoms. The monoisotopic (exact) mass is 316 g/mol. The van der Waals surface area contributed by atoms with Crippen molar-refractivity contribution >= 4 is 5.97 Å². The molecule has 5 nitrogen and oxygen atoms in total. The van der Waals surface area contributed by atoms with Crippen molar-refractivity contribution in [3.63, 3.8) is 0 Å². The van der Waals surface area contributed by atoms with Gasteiger partial charge in [-0.05, 0) is 24.6 Å². The molecule has 2 aromatic carbocycles. The molecule has 5 heteroatoms. The van der Waals surface area contributed by atoms with Gasteiger partial charge in [-0.2, -0.15) is 0 Å². The molecule has 122 valence electrons. The van der Waals surface area contributed by atoms with E-state index in [0.717, 1.165) is 5.56 Å². The number of carboxylic acid groups (broad SMARTS) is 1. The highest BCUT2D eigenvalue weighted by atomic mass is 16.5. The molecule has 0 radical (unpaired) electrons. The lowest BCUT2D eigenvalue weighted by molar-refractivity contribution is -0.140. The fourth-order valence-electron chi connectivity index (χ4n) is 2.03. The van der Waals surface area contributed by atoms with E-state index in [0.29, 0.717) is 18.1 Å². The van der Waals surface area contributed by atoms with Crippen LogP contribution in [0.2, 0.25) is 0 Å². The smallest absolute Gasteiger partial charge is 0.306 e. The first-order valence-electron chi connectivity index (χ1n) is 7.38. The summed E-state index contributed by atoms with van der Waals surface area (Å²) in [5, 5.41) is 18.5. The number of carboxylic acids is 1. The third-order valence-electron chi connectivity index (χ3n) is 3.32. The van der Waals surface area contributed by atoms with Crippen LogP contribution in [0.4, 0.5) is 0 Å². The summed E-state index contributed by atoms with van der Waals surface area (Å²) in [5.41, 5.74) is 1.03.